The Labute approximate surface area is 137 Å². The number of ether oxygens (including phenoxy) is 1. The number of rotatable bonds is 6. The number of aliphatic imine (C=N–C) groups is 1. The second-order valence-electron chi connectivity index (χ2n) is 5.61. The van der Waals surface area contributed by atoms with E-state index in [-0.39, 0.29) is 11.9 Å². The van der Waals surface area contributed by atoms with Crippen LogP contribution in [0.5, 0.6) is 0 Å². The van der Waals surface area contributed by atoms with Crippen LogP contribution in [0.3, 0.4) is 0 Å². The molecule has 7 nitrogen and oxygen atoms in total. The first-order valence-electron chi connectivity index (χ1n) is 8.34. The summed E-state index contributed by atoms with van der Waals surface area (Å²) in [4.78, 5) is 18.3. The zero-order valence-electron chi connectivity index (χ0n) is 14.1. The largest absolute Gasteiger partial charge is 0.466 e. The summed E-state index contributed by atoms with van der Waals surface area (Å²) >= 11 is 0. The second kappa shape index (κ2) is 9.17. The highest BCUT2D eigenvalue weighted by atomic mass is 16.5. The normalized spacial score (nSPS) is 16.4. The fraction of sp³-hybridized carbons (Fsp3) is 0.688. The minimum atomic E-state index is -0.0608. The Kier molecular flexibility index (Phi) is 6.90. The summed E-state index contributed by atoms with van der Waals surface area (Å²) in [6, 6.07) is 1.93. The maximum atomic E-state index is 11.8. The fourth-order valence-corrected chi connectivity index (χ4v) is 2.79. The summed E-state index contributed by atoms with van der Waals surface area (Å²) in [5.41, 5.74) is 0. The lowest BCUT2D eigenvalue weighted by Gasteiger charge is -2.33. The van der Waals surface area contributed by atoms with E-state index in [0.717, 1.165) is 51.4 Å². The third kappa shape index (κ3) is 5.26. The van der Waals surface area contributed by atoms with Crippen molar-refractivity contribution in [3.05, 3.63) is 18.5 Å². The highest BCUT2D eigenvalue weighted by molar-refractivity contribution is 5.80. The Morgan fingerprint density at radius 2 is 2.22 bits per heavy atom. The van der Waals surface area contributed by atoms with Crippen LogP contribution in [0.1, 0.15) is 26.2 Å². The molecule has 1 aromatic heterocycles. The average Bonchev–Trinajstić information content (AvgIpc) is 3.09. The lowest BCUT2D eigenvalue weighted by Crippen LogP contribution is -2.47. The summed E-state index contributed by atoms with van der Waals surface area (Å²) in [6.45, 7) is 5.72. The molecule has 2 heterocycles. The fourth-order valence-electron chi connectivity index (χ4n) is 2.79. The Balaban J connectivity index is 1.69. The van der Waals surface area contributed by atoms with Gasteiger partial charge in [-0.25, -0.2) is 0 Å². The van der Waals surface area contributed by atoms with Crippen LogP contribution < -0.4 is 5.32 Å². The van der Waals surface area contributed by atoms with Gasteiger partial charge in [0.25, 0.3) is 0 Å². The van der Waals surface area contributed by atoms with Crippen LogP contribution in [0, 0.1) is 5.92 Å². The number of hydrogen-bond acceptors (Lipinski definition) is 4. The molecule has 0 radical (unpaired) electrons. The van der Waals surface area contributed by atoms with E-state index in [4.69, 9.17) is 4.74 Å². The van der Waals surface area contributed by atoms with E-state index in [2.05, 4.69) is 20.3 Å². The number of nitrogens with one attached hydrogen (secondary N) is 1. The Bertz CT molecular complexity index is 493. The van der Waals surface area contributed by atoms with Crippen molar-refractivity contribution in [1.82, 2.24) is 20.0 Å². The predicted octanol–water partition coefficient (Wildman–Crippen LogP) is 1.12. The highest BCUT2D eigenvalue weighted by Crippen LogP contribution is 2.18. The van der Waals surface area contributed by atoms with Crippen molar-refractivity contribution in [2.24, 2.45) is 10.9 Å². The van der Waals surface area contributed by atoms with Crippen molar-refractivity contribution >= 4 is 11.9 Å². The van der Waals surface area contributed by atoms with Gasteiger partial charge in [0.05, 0.1) is 12.5 Å². The summed E-state index contributed by atoms with van der Waals surface area (Å²) in [7, 11) is 1.80. The second-order valence-corrected chi connectivity index (χ2v) is 5.61. The van der Waals surface area contributed by atoms with E-state index < -0.39 is 0 Å². The third-order valence-corrected chi connectivity index (χ3v) is 4.03. The molecule has 7 heteroatoms. The molecule has 0 spiro atoms. The van der Waals surface area contributed by atoms with Gasteiger partial charge >= 0.3 is 5.97 Å². The molecule has 0 atom stereocenters. The SMILES string of the molecule is CCOC(=O)C1CCN(C(=NC)NCCCn2cccn2)CC1. The number of piperidine rings is 1. The minimum Gasteiger partial charge on any atom is -0.466 e. The molecule has 0 unspecified atom stereocenters. The molecule has 2 rings (SSSR count). The zero-order chi connectivity index (χ0) is 16.5. The quantitative estimate of drug-likeness (QED) is 0.368. The van der Waals surface area contributed by atoms with E-state index in [9.17, 15) is 4.79 Å². The Morgan fingerprint density at radius 1 is 1.43 bits per heavy atom. The first-order valence-corrected chi connectivity index (χ1v) is 8.34. The summed E-state index contributed by atoms with van der Waals surface area (Å²) in [5, 5.41) is 7.58. The van der Waals surface area contributed by atoms with E-state index in [1.54, 1.807) is 13.2 Å². The number of aromatic nitrogens is 2. The molecule has 1 saturated heterocycles. The van der Waals surface area contributed by atoms with Gasteiger partial charge in [0.15, 0.2) is 5.96 Å². The number of aryl methyl sites for hydroxylation is 1. The number of likely N-dealkylation sites (tertiary alicyclic amines) is 1. The van der Waals surface area contributed by atoms with Crippen molar-refractivity contribution in [3.8, 4) is 0 Å². The first-order chi connectivity index (χ1) is 11.2. The van der Waals surface area contributed by atoms with Gasteiger partial charge in [0.2, 0.25) is 0 Å². The monoisotopic (exact) mass is 321 g/mol. The van der Waals surface area contributed by atoms with Crippen molar-refractivity contribution < 1.29 is 9.53 Å². The molecule has 1 N–H and O–H groups in total. The first kappa shape index (κ1) is 17.3. The van der Waals surface area contributed by atoms with Crippen molar-refractivity contribution in [2.45, 2.75) is 32.7 Å². The third-order valence-electron chi connectivity index (χ3n) is 4.03. The molecule has 0 amide bonds. The van der Waals surface area contributed by atoms with Crippen LogP contribution in [0.2, 0.25) is 0 Å². The number of hydrogen-bond donors (Lipinski definition) is 1. The number of guanidine groups is 1. The zero-order valence-corrected chi connectivity index (χ0v) is 14.1. The standard InChI is InChI=1S/C16H27N5O2/c1-3-23-15(22)14-6-12-20(13-7-14)16(17-2)18-8-4-10-21-11-5-9-19-21/h5,9,11,14H,3-4,6-8,10,12-13H2,1-2H3,(H,17,18). The molecule has 1 aliphatic rings. The van der Waals surface area contributed by atoms with Gasteiger partial charge in [-0.3, -0.25) is 14.5 Å². The summed E-state index contributed by atoms with van der Waals surface area (Å²) in [6.07, 6.45) is 6.40. The van der Waals surface area contributed by atoms with Gasteiger partial charge in [-0.2, -0.15) is 5.10 Å². The molecule has 1 aromatic rings. The van der Waals surface area contributed by atoms with Crippen molar-refractivity contribution in [1.29, 1.82) is 0 Å². The minimum absolute atomic E-state index is 0.0316. The van der Waals surface area contributed by atoms with E-state index in [0.29, 0.717) is 6.61 Å². The molecule has 1 aliphatic heterocycles. The molecule has 0 aliphatic carbocycles. The number of carbonyl (C=O) groups is 1. The van der Waals surface area contributed by atoms with Crippen LogP contribution in [0.15, 0.2) is 23.5 Å². The van der Waals surface area contributed by atoms with E-state index in [1.807, 2.05) is 23.9 Å². The van der Waals surface area contributed by atoms with Crippen LogP contribution in [-0.2, 0) is 16.1 Å². The average molecular weight is 321 g/mol. The highest BCUT2D eigenvalue weighted by Gasteiger charge is 2.27. The number of nitrogens with zero attached hydrogens (tertiary/aromatic N) is 4. The van der Waals surface area contributed by atoms with Crippen LogP contribution >= 0.6 is 0 Å². The number of esters is 1. The van der Waals surface area contributed by atoms with E-state index >= 15 is 0 Å². The Morgan fingerprint density at radius 3 is 2.83 bits per heavy atom. The van der Waals surface area contributed by atoms with Crippen molar-refractivity contribution in [3.63, 3.8) is 0 Å². The van der Waals surface area contributed by atoms with Crippen LogP contribution in [0.4, 0.5) is 0 Å². The van der Waals surface area contributed by atoms with Gasteiger partial charge in [0.1, 0.15) is 0 Å². The maximum absolute atomic E-state index is 11.8. The van der Waals surface area contributed by atoms with Gasteiger partial charge in [-0.05, 0) is 32.3 Å². The maximum Gasteiger partial charge on any atom is 0.309 e. The molecule has 0 aromatic carbocycles. The smallest absolute Gasteiger partial charge is 0.309 e. The van der Waals surface area contributed by atoms with Crippen LogP contribution in [-0.4, -0.2) is 59.9 Å². The molecule has 0 bridgehead atoms. The van der Waals surface area contributed by atoms with Gasteiger partial charge < -0.3 is 15.0 Å². The van der Waals surface area contributed by atoms with Crippen molar-refractivity contribution in [2.75, 3.05) is 33.3 Å². The molecule has 23 heavy (non-hydrogen) atoms. The lowest BCUT2D eigenvalue weighted by atomic mass is 9.97. The van der Waals surface area contributed by atoms with E-state index in [1.165, 1.54) is 0 Å². The number of carbonyl (C=O) groups excluding carboxylic acids is 1. The molecule has 128 valence electrons. The van der Waals surface area contributed by atoms with Crippen LogP contribution in [0.25, 0.3) is 0 Å². The molecule has 1 fully saturated rings. The lowest BCUT2D eigenvalue weighted by molar-refractivity contribution is -0.149. The van der Waals surface area contributed by atoms with Gasteiger partial charge in [0, 0.05) is 45.6 Å². The molecule has 0 saturated carbocycles. The predicted molar refractivity (Wildman–Crippen MR) is 89.1 cm³/mol. The topological polar surface area (TPSA) is 71.8 Å². The summed E-state index contributed by atoms with van der Waals surface area (Å²) in [5.74, 6) is 0.881. The molecular weight excluding hydrogens is 294 g/mol. The van der Waals surface area contributed by atoms with Gasteiger partial charge in [-0.15, -0.1) is 0 Å². The summed E-state index contributed by atoms with van der Waals surface area (Å²) < 4.78 is 7.03. The Hall–Kier alpha value is -2.05. The molecular formula is C16H27N5O2. The van der Waals surface area contributed by atoms with Gasteiger partial charge in [-0.1, -0.05) is 0 Å².